The number of rotatable bonds is 1. The third-order valence-electron chi connectivity index (χ3n) is 3.22. The second-order valence-corrected chi connectivity index (χ2v) is 5.09. The zero-order valence-electron chi connectivity index (χ0n) is 7.69. The number of carbonyl (C=O) groups is 1. The van der Waals surface area contributed by atoms with Crippen LogP contribution in [0.4, 0.5) is 0 Å². The van der Waals surface area contributed by atoms with E-state index >= 15 is 0 Å². The Kier molecular flexibility index (Phi) is 1.79. The van der Waals surface area contributed by atoms with Gasteiger partial charge in [-0.3, -0.25) is 5.32 Å². The third kappa shape index (κ3) is 1.02. The molecule has 14 heavy (non-hydrogen) atoms. The fourth-order valence-electron chi connectivity index (χ4n) is 2.59. The quantitative estimate of drug-likeness (QED) is 0.654. The van der Waals surface area contributed by atoms with Gasteiger partial charge in [0.25, 0.3) is 0 Å². The number of nitrogens with zero attached hydrogens (tertiary/aromatic N) is 1. The number of thioether (sulfide) groups is 1. The van der Waals surface area contributed by atoms with E-state index in [1.54, 1.807) is 11.8 Å². The Labute approximate surface area is 86.3 Å². The van der Waals surface area contributed by atoms with Crippen LogP contribution in [-0.2, 0) is 4.79 Å². The summed E-state index contributed by atoms with van der Waals surface area (Å²) in [4.78, 5) is 14.2. The summed E-state index contributed by atoms with van der Waals surface area (Å²) in [6.45, 7) is 1.57. The van der Waals surface area contributed by atoms with E-state index in [9.17, 15) is 4.79 Å². The second-order valence-electron chi connectivity index (χ2n) is 3.95. The van der Waals surface area contributed by atoms with Crippen molar-refractivity contribution in [3.05, 3.63) is 10.6 Å². The molecule has 76 valence electrons. The monoisotopic (exact) mass is 212 g/mol. The number of hydrogen-bond donors (Lipinski definition) is 2. The maximum Gasteiger partial charge on any atom is 0.353 e. The molecule has 2 bridgehead atoms. The predicted octanol–water partition coefficient (Wildman–Crippen LogP) is 0.281. The molecular formula is C9H12N2O2S. The number of nitrogens with one attached hydrogen (secondary N) is 1. The molecule has 3 heterocycles. The molecule has 2 fully saturated rings. The van der Waals surface area contributed by atoms with Crippen LogP contribution in [0.1, 0.15) is 6.42 Å². The second kappa shape index (κ2) is 2.90. The van der Waals surface area contributed by atoms with Crippen LogP contribution in [0.2, 0.25) is 0 Å². The van der Waals surface area contributed by atoms with Gasteiger partial charge in [-0.15, -0.1) is 11.8 Å². The van der Waals surface area contributed by atoms with Gasteiger partial charge < -0.3 is 10.0 Å². The first-order valence-corrected chi connectivity index (χ1v) is 5.84. The highest BCUT2D eigenvalue weighted by atomic mass is 32.2. The number of aliphatic carboxylic acids is 1. The van der Waals surface area contributed by atoms with Gasteiger partial charge in [-0.05, 0) is 12.2 Å². The van der Waals surface area contributed by atoms with Crippen LogP contribution < -0.4 is 5.32 Å². The van der Waals surface area contributed by atoms with Gasteiger partial charge in [0.2, 0.25) is 0 Å². The standard InChI is InChI=1S/C9H12N2O2S/c12-9(13)7-8-5(1-2-14-8)6-3-11(7)4-10-6/h5-6,10H,1-4H2,(H,12,13). The molecule has 0 spiro atoms. The Hall–Kier alpha value is -0.680. The van der Waals surface area contributed by atoms with E-state index in [1.807, 2.05) is 4.90 Å². The number of carboxylic acid groups (broad SMARTS) is 1. The number of fused-ring (bicyclic) bond motifs is 4. The summed E-state index contributed by atoms with van der Waals surface area (Å²) in [5.41, 5.74) is 0.554. The van der Waals surface area contributed by atoms with Crippen molar-refractivity contribution in [2.45, 2.75) is 12.5 Å². The lowest BCUT2D eigenvalue weighted by Gasteiger charge is -2.28. The summed E-state index contributed by atoms with van der Waals surface area (Å²) in [7, 11) is 0. The molecule has 4 nitrogen and oxygen atoms in total. The fourth-order valence-corrected chi connectivity index (χ4v) is 4.03. The SMILES string of the molecule is O=C(O)C1=C2SCCC2C2CN1CN2. The fraction of sp³-hybridized carbons (Fsp3) is 0.667. The number of hydrogen-bond acceptors (Lipinski definition) is 4. The van der Waals surface area contributed by atoms with E-state index in [-0.39, 0.29) is 0 Å². The lowest BCUT2D eigenvalue weighted by Crippen LogP contribution is -2.37. The Morgan fingerprint density at radius 2 is 2.50 bits per heavy atom. The van der Waals surface area contributed by atoms with Crippen LogP contribution >= 0.6 is 11.8 Å². The van der Waals surface area contributed by atoms with Crippen LogP contribution in [-0.4, -0.2) is 41.0 Å². The summed E-state index contributed by atoms with van der Waals surface area (Å²) in [6.07, 6.45) is 1.13. The zero-order valence-corrected chi connectivity index (χ0v) is 8.51. The maximum atomic E-state index is 11.1. The van der Waals surface area contributed by atoms with Crippen LogP contribution in [0.25, 0.3) is 0 Å². The van der Waals surface area contributed by atoms with Gasteiger partial charge >= 0.3 is 5.97 Å². The molecule has 0 aromatic rings. The summed E-state index contributed by atoms with van der Waals surface area (Å²) in [5, 5.41) is 12.5. The van der Waals surface area contributed by atoms with Crippen LogP contribution in [0.15, 0.2) is 10.6 Å². The van der Waals surface area contributed by atoms with Crippen molar-refractivity contribution in [3.63, 3.8) is 0 Å². The van der Waals surface area contributed by atoms with E-state index in [2.05, 4.69) is 5.32 Å². The Morgan fingerprint density at radius 1 is 1.64 bits per heavy atom. The average Bonchev–Trinajstić information content (AvgIpc) is 2.73. The Morgan fingerprint density at radius 3 is 3.29 bits per heavy atom. The molecule has 0 aromatic heterocycles. The topological polar surface area (TPSA) is 52.6 Å². The highest BCUT2D eigenvalue weighted by Gasteiger charge is 2.44. The Bertz CT molecular complexity index is 329. The van der Waals surface area contributed by atoms with Crippen molar-refractivity contribution in [2.24, 2.45) is 5.92 Å². The molecule has 0 aromatic carbocycles. The van der Waals surface area contributed by atoms with Gasteiger partial charge in [0.15, 0.2) is 0 Å². The first-order chi connectivity index (χ1) is 6.77. The van der Waals surface area contributed by atoms with Crippen molar-refractivity contribution in [2.75, 3.05) is 19.0 Å². The van der Waals surface area contributed by atoms with Crippen molar-refractivity contribution in [1.29, 1.82) is 0 Å². The van der Waals surface area contributed by atoms with Gasteiger partial charge in [0.05, 0.1) is 6.67 Å². The molecule has 2 saturated heterocycles. The lowest BCUT2D eigenvalue weighted by atomic mass is 9.93. The molecule has 0 saturated carbocycles. The normalized spacial score (nSPS) is 35.0. The van der Waals surface area contributed by atoms with Crippen molar-refractivity contribution >= 4 is 17.7 Å². The predicted molar refractivity (Wildman–Crippen MR) is 53.7 cm³/mol. The van der Waals surface area contributed by atoms with Gasteiger partial charge in [-0.1, -0.05) is 0 Å². The molecule has 3 aliphatic heterocycles. The van der Waals surface area contributed by atoms with Gasteiger partial charge in [0.1, 0.15) is 5.70 Å². The van der Waals surface area contributed by atoms with E-state index in [1.165, 1.54) is 0 Å². The van der Waals surface area contributed by atoms with E-state index in [4.69, 9.17) is 5.11 Å². The van der Waals surface area contributed by atoms with Gasteiger partial charge in [0, 0.05) is 23.4 Å². The number of carboxylic acids is 1. The van der Waals surface area contributed by atoms with E-state index in [0.29, 0.717) is 24.3 Å². The molecule has 2 unspecified atom stereocenters. The smallest absolute Gasteiger partial charge is 0.353 e. The minimum absolute atomic E-state index is 0.463. The van der Waals surface area contributed by atoms with Crippen LogP contribution in [0.3, 0.4) is 0 Å². The van der Waals surface area contributed by atoms with Gasteiger partial charge in [-0.25, -0.2) is 4.79 Å². The first kappa shape index (κ1) is 8.61. The minimum atomic E-state index is -0.762. The molecule has 2 atom stereocenters. The zero-order chi connectivity index (χ0) is 9.71. The van der Waals surface area contributed by atoms with Crippen molar-refractivity contribution < 1.29 is 9.90 Å². The highest BCUT2D eigenvalue weighted by Crippen LogP contribution is 2.45. The van der Waals surface area contributed by atoms with E-state index < -0.39 is 5.97 Å². The largest absolute Gasteiger partial charge is 0.477 e. The summed E-state index contributed by atoms with van der Waals surface area (Å²) in [6, 6.07) is 0.489. The molecule has 2 N–H and O–H groups in total. The molecular weight excluding hydrogens is 200 g/mol. The molecule has 0 radical (unpaired) electrons. The molecule has 0 amide bonds. The molecule has 0 aliphatic carbocycles. The minimum Gasteiger partial charge on any atom is -0.477 e. The van der Waals surface area contributed by atoms with Crippen LogP contribution in [0.5, 0.6) is 0 Å². The highest BCUT2D eigenvalue weighted by molar-refractivity contribution is 8.03. The van der Waals surface area contributed by atoms with Crippen molar-refractivity contribution in [3.8, 4) is 0 Å². The summed E-state index contributed by atoms with van der Waals surface area (Å²) < 4.78 is 0. The third-order valence-corrected chi connectivity index (χ3v) is 4.47. The maximum absolute atomic E-state index is 11.1. The lowest BCUT2D eigenvalue weighted by molar-refractivity contribution is -0.134. The molecule has 3 rings (SSSR count). The molecule has 5 heteroatoms. The summed E-state index contributed by atoms with van der Waals surface area (Å²) in [5.74, 6) is 0.773. The first-order valence-electron chi connectivity index (χ1n) is 4.86. The van der Waals surface area contributed by atoms with Gasteiger partial charge in [-0.2, -0.15) is 0 Å². The average molecular weight is 212 g/mol. The summed E-state index contributed by atoms with van der Waals surface area (Å²) >= 11 is 1.73. The molecule has 3 aliphatic rings. The van der Waals surface area contributed by atoms with Crippen LogP contribution in [0, 0.1) is 5.92 Å². The van der Waals surface area contributed by atoms with Crippen molar-refractivity contribution in [1.82, 2.24) is 10.2 Å². The Balaban J connectivity index is 2.08. The van der Waals surface area contributed by atoms with E-state index in [0.717, 1.165) is 23.6 Å².